The van der Waals surface area contributed by atoms with Crippen LogP contribution in [0.15, 0.2) is 91.0 Å². The van der Waals surface area contributed by atoms with Gasteiger partial charge in [-0.15, -0.1) is 0 Å². The zero-order chi connectivity index (χ0) is 24.5. The Labute approximate surface area is 209 Å². The first-order chi connectivity index (χ1) is 17.7. The van der Waals surface area contributed by atoms with Crippen LogP contribution in [0.4, 0.5) is 5.82 Å². The van der Waals surface area contributed by atoms with E-state index >= 15 is 0 Å². The van der Waals surface area contributed by atoms with Gasteiger partial charge in [0.05, 0.1) is 30.0 Å². The molecule has 6 nitrogen and oxygen atoms in total. The first kappa shape index (κ1) is 22.0. The van der Waals surface area contributed by atoms with Crippen LogP contribution in [0.5, 0.6) is 0 Å². The molecule has 0 spiro atoms. The van der Waals surface area contributed by atoms with Crippen LogP contribution in [0.25, 0.3) is 33.4 Å². The molecule has 36 heavy (non-hydrogen) atoms. The molecule has 1 aliphatic carbocycles. The fourth-order valence-electron chi connectivity index (χ4n) is 4.73. The van der Waals surface area contributed by atoms with Crippen LogP contribution in [0.1, 0.15) is 30.0 Å². The van der Waals surface area contributed by atoms with Crippen molar-refractivity contribution < 1.29 is 4.74 Å². The predicted octanol–water partition coefficient (Wildman–Crippen LogP) is 6.14. The number of nitrogens with two attached hydrogens (primary N) is 1. The molecule has 2 aromatic heterocycles. The van der Waals surface area contributed by atoms with E-state index in [1.54, 1.807) is 4.68 Å². The zero-order valence-corrected chi connectivity index (χ0v) is 19.7. The minimum atomic E-state index is 0.120. The quantitative estimate of drug-likeness (QED) is 0.321. The number of anilines is 1. The summed E-state index contributed by atoms with van der Waals surface area (Å²) in [6.45, 7) is 0.594. The maximum absolute atomic E-state index is 9.89. The maximum Gasteiger partial charge on any atom is 0.140 e. The van der Waals surface area contributed by atoms with Crippen molar-refractivity contribution in [3.8, 4) is 28.6 Å². The van der Waals surface area contributed by atoms with Gasteiger partial charge in [0.2, 0.25) is 0 Å². The molecule has 2 N–H and O–H groups in total. The summed E-state index contributed by atoms with van der Waals surface area (Å²) < 4.78 is 7.84. The Morgan fingerprint density at radius 3 is 2.39 bits per heavy atom. The van der Waals surface area contributed by atoms with E-state index in [-0.39, 0.29) is 12.1 Å². The number of ether oxygens (including phenoxy) is 1. The molecule has 0 unspecified atom stereocenters. The van der Waals surface area contributed by atoms with Crippen molar-refractivity contribution in [1.82, 2.24) is 14.8 Å². The molecule has 6 heteroatoms. The van der Waals surface area contributed by atoms with Gasteiger partial charge in [-0.2, -0.15) is 10.4 Å². The first-order valence-corrected chi connectivity index (χ1v) is 12.1. The van der Waals surface area contributed by atoms with Crippen LogP contribution in [-0.4, -0.2) is 20.9 Å². The molecule has 0 bridgehead atoms. The molecule has 1 aliphatic rings. The summed E-state index contributed by atoms with van der Waals surface area (Å²) in [5.74, 6) is 0.408. The molecule has 1 fully saturated rings. The van der Waals surface area contributed by atoms with Crippen molar-refractivity contribution in [2.75, 3.05) is 5.73 Å². The molecule has 3 aromatic carbocycles. The molecule has 1 saturated carbocycles. The monoisotopic (exact) mass is 471 g/mol. The smallest absolute Gasteiger partial charge is 0.140 e. The largest absolute Gasteiger partial charge is 0.383 e. The molecule has 0 amide bonds. The molecular formula is C30H25N5O. The molecule has 2 heterocycles. The molecule has 6 rings (SSSR count). The number of pyridine rings is 1. The Kier molecular flexibility index (Phi) is 5.68. The van der Waals surface area contributed by atoms with E-state index < -0.39 is 0 Å². The van der Waals surface area contributed by atoms with E-state index in [2.05, 4.69) is 24.3 Å². The number of hydrogen-bond donors (Lipinski definition) is 1. The first-order valence-electron chi connectivity index (χ1n) is 12.1. The standard InChI is InChI=1S/C30H25N5O/c31-18-26-29(23-12-11-22-13-14-27(33-28(22)15-23)21-9-5-2-6-10-21)34-35(30(26)32)24-16-25(17-24)36-19-20-7-3-1-4-8-20/h1-15,24-25H,16-17,19,32H2. The highest BCUT2D eigenvalue weighted by Gasteiger charge is 2.34. The van der Waals surface area contributed by atoms with E-state index in [9.17, 15) is 5.26 Å². The van der Waals surface area contributed by atoms with Gasteiger partial charge in [-0.25, -0.2) is 9.67 Å². The topological polar surface area (TPSA) is 89.8 Å². The van der Waals surface area contributed by atoms with E-state index in [4.69, 9.17) is 20.6 Å². The lowest BCUT2D eigenvalue weighted by atomic mass is 9.89. The van der Waals surface area contributed by atoms with Crippen molar-refractivity contribution in [2.24, 2.45) is 0 Å². The summed E-state index contributed by atoms with van der Waals surface area (Å²) >= 11 is 0. The Bertz CT molecular complexity index is 1560. The van der Waals surface area contributed by atoms with Gasteiger partial charge >= 0.3 is 0 Å². The third-order valence-corrected chi connectivity index (χ3v) is 6.84. The fourth-order valence-corrected chi connectivity index (χ4v) is 4.73. The number of aromatic nitrogens is 3. The van der Waals surface area contributed by atoms with Crippen LogP contribution in [0.2, 0.25) is 0 Å². The average Bonchev–Trinajstić information content (AvgIpc) is 3.24. The Hall–Kier alpha value is -4.47. The second kappa shape index (κ2) is 9.29. The van der Waals surface area contributed by atoms with Crippen molar-refractivity contribution in [3.05, 3.63) is 102 Å². The van der Waals surface area contributed by atoms with Gasteiger partial charge in [0.15, 0.2) is 0 Å². The third kappa shape index (κ3) is 4.10. The number of fused-ring (bicyclic) bond motifs is 1. The summed E-state index contributed by atoms with van der Waals surface area (Å²) in [7, 11) is 0. The Morgan fingerprint density at radius 1 is 0.917 bits per heavy atom. The van der Waals surface area contributed by atoms with Crippen LogP contribution in [0, 0.1) is 11.3 Å². The summed E-state index contributed by atoms with van der Waals surface area (Å²) in [6.07, 6.45) is 1.81. The predicted molar refractivity (Wildman–Crippen MR) is 141 cm³/mol. The molecule has 0 aliphatic heterocycles. The lowest BCUT2D eigenvalue weighted by molar-refractivity contribution is -0.0377. The highest BCUT2D eigenvalue weighted by atomic mass is 16.5. The van der Waals surface area contributed by atoms with Gasteiger partial charge in [0.25, 0.3) is 0 Å². The number of benzene rings is 3. The Balaban J connectivity index is 1.25. The number of hydrogen-bond acceptors (Lipinski definition) is 5. The molecule has 0 saturated heterocycles. The lowest BCUT2D eigenvalue weighted by Gasteiger charge is -2.35. The summed E-state index contributed by atoms with van der Waals surface area (Å²) in [5, 5.41) is 15.7. The van der Waals surface area contributed by atoms with Crippen LogP contribution >= 0.6 is 0 Å². The normalized spacial score (nSPS) is 17.0. The summed E-state index contributed by atoms with van der Waals surface area (Å²) in [6, 6.07) is 32.7. The minimum absolute atomic E-state index is 0.120. The van der Waals surface area contributed by atoms with E-state index in [0.717, 1.165) is 46.1 Å². The number of nitrogens with zero attached hydrogens (tertiary/aromatic N) is 4. The molecular weight excluding hydrogens is 446 g/mol. The third-order valence-electron chi connectivity index (χ3n) is 6.84. The van der Waals surface area contributed by atoms with Crippen molar-refractivity contribution in [3.63, 3.8) is 0 Å². The second-order valence-electron chi connectivity index (χ2n) is 9.18. The van der Waals surface area contributed by atoms with Crippen molar-refractivity contribution in [1.29, 1.82) is 5.26 Å². The molecule has 0 radical (unpaired) electrons. The lowest BCUT2D eigenvalue weighted by Crippen LogP contribution is -2.34. The van der Waals surface area contributed by atoms with Gasteiger partial charge in [0, 0.05) is 16.5 Å². The van der Waals surface area contributed by atoms with Crippen LogP contribution in [0.3, 0.4) is 0 Å². The van der Waals surface area contributed by atoms with Gasteiger partial charge in [0.1, 0.15) is 23.1 Å². The average molecular weight is 472 g/mol. The fraction of sp³-hybridized carbons (Fsp3) is 0.167. The summed E-state index contributed by atoms with van der Waals surface area (Å²) in [5.41, 5.74) is 12.2. The van der Waals surface area contributed by atoms with E-state index in [0.29, 0.717) is 23.7 Å². The number of rotatable bonds is 6. The van der Waals surface area contributed by atoms with E-state index in [1.165, 1.54) is 0 Å². The van der Waals surface area contributed by atoms with Gasteiger partial charge in [-0.1, -0.05) is 78.9 Å². The summed E-state index contributed by atoms with van der Waals surface area (Å²) in [4.78, 5) is 4.87. The molecule has 176 valence electrons. The second-order valence-corrected chi connectivity index (χ2v) is 9.18. The van der Waals surface area contributed by atoms with E-state index in [1.807, 2.05) is 72.8 Å². The number of nitrogen functional groups attached to an aromatic ring is 1. The van der Waals surface area contributed by atoms with Gasteiger partial charge in [-0.3, -0.25) is 0 Å². The van der Waals surface area contributed by atoms with Crippen LogP contribution < -0.4 is 5.73 Å². The van der Waals surface area contributed by atoms with Gasteiger partial charge < -0.3 is 10.5 Å². The SMILES string of the molecule is N#Cc1c(-c2ccc3ccc(-c4ccccc4)nc3c2)nn(C2CC(OCc3ccccc3)C2)c1N. The zero-order valence-electron chi connectivity index (χ0n) is 19.7. The highest BCUT2D eigenvalue weighted by molar-refractivity contribution is 5.87. The molecule has 5 aromatic rings. The highest BCUT2D eigenvalue weighted by Crippen LogP contribution is 2.39. The minimum Gasteiger partial charge on any atom is -0.383 e. The number of nitriles is 1. The van der Waals surface area contributed by atoms with Gasteiger partial charge in [-0.05, 0) is 30.5 Å². The molecule has 0 atom stereocenters. The maximum atomic E-state index is 9.89. The van der Waals surface area contributed by atoms with Crippen LogP contribution in [-0.2, 0) is 11.3 Å². The Morgan fingerprint density at radius 2 is 1.64 bits per heavy atom. The van der Waals surface area contributed by atoms with Crippen molar-refractivity contribution in [2.45, 2.75) is 31.6 Å². The van der Waals surface area contributed by atoms with Crippen molar-refractivity contribution >= 4 is 16.7 Å².